The van der Waals surface area contributed by atoms with Gasteiger partial charge in [0.1, 0.15) is 24.7 Å². The molecule has 27 heavy (non-hydrogen) atoms. The molecule has 8 nitrogen and oxygen atoms in total. The maximum Gasteiger partial charge on any atom is 0.414 e. The molecule has 1 heterocycles. The number of methoxy groups -OCH3 is 1. The first-order chi connectivity index (χ1) is 13.0. The number of rotatable bonds is 8. The van der Waals surface area contributed by atoms with E-state index in [1.54, 1.807) is 43.5 Å². The molecule has 0 radical (unpaired) electrons. The van der Waals surface area contributed by atoms with Gasteiger partial charge in [0.05, 0.1) is 18.6 Å². The van der Waals surface area contributed by atoms with Gasteiger partial charge in [0.2, 0.25) is 10.0 Å². The molecule has 0 aromatic heterocycles. The number of sulfonamides is 1. The SMILES string of the molecule is COc1ccc(OCCNS(=O)(=O)c2ccc(N3CCOC3=O)cc2)cc1. The maximum absolute atomic E-state index is 12.3. The molecule has 3 rings (SSSR count). The Morgan fingerprint density at radius 1 is 1.07 bits per heavy atom. The van der Waals surface area contributed by atoms with E-state index >= 15 is 0 Å². The Labute approximate surface area is 157 Å². The van der Waals surface area contributed by atoms with Crippen LogP contribution in [-0.2, 0) is 14.8 Å². The molecular weight excluding hydrogens is 372 g/mol. The number of hydrogen-bond acceptors (Lipinski definition) is 6. The third kappa shape index (κ3) is 4.69. The zero-order valence-electron chi connectivity index (χ0n) is 14.8. The zero-order valence-corrected chi connectivity index (χ0v) is 15.6. The van der Waals surface area contributed by atoms with E-state index in [0.717, 1.165) is 0 Å². The molecule has 144 valence electrons. The molecule has 1 aliphatic heterocycles. The van der Waals surface area contributed by atoms with Crippen LogP contribution in [0, 0.1) is 0 Å². The third-order valence-corrected chi connectivity index (χ3v) is 5.42. The lowest BCUT2D eigenvalue weighted by Crippen LogP contribution is -2.28. The average molecular weight is 392 g/mol. The van der Waals surface area contributed by atoms with E-state index in [-0.39, 0.29) is 18.0 Å². The molecule has 0 bridgehead atoms. The first-order valence-electron chi connectivity index (χ1n) is 8.30. The summed E-state index contributed by atoms with van der Waals surface area (Å²) in [6.45, 7) is 1.08. The monoisotopic (exact) mass is 392 g/mol. The van der Waals surface area contributed by atoms with Crippen LogP contribution >= 0.6 is 0 Å². The van der Waals surface area contributed by atoms with E-state index in [0.29, 0.717) is 30.3 Å². The number of amides is 1. The summed E-state index contributed by atoms with van der Waals surface area (Å²) in [7, 11) is -2.09. The number of anilines is 1. The van der Waals surface area contributed by atoms with Crippen molar-refractivity contribution in [2.24, 2.45) is 0 Å². The second kappa shape index (κ2) is 8.28. The Balaban J connectivity index is 1.52. The number of carbonyl (C=O) groups excluding carboxylic acids is 1. The van der Waals surface area contributed by atoms with Crippen molar-refractivity contribution >= 4 is 21.8 Å². The topological polar surface area (TPSA) is 94.2 Å². The van der Waals surface area contributed by atoms with Crippen molar-refractivity contribution in [3.05, 3.63) is 48.5 Å². The van der Waals surface area contributed by atoms with Crippen molar-refractivity contribution in [3.63, 3.8) is 0 Å². The molecule has 9 heteroatoms. The summed E-state index contributed by atoms with van der Waals surface area (Å²) in [6, 6.07) is 13.1. The van der Waals surface area contributed by atoms with Gasteiger partial charge in [-0.1, -0.05) is 0 Å². The fourth-order valence-electron chi connectivity index (χ4n) is 2.53. The van der Waals surface area contributed by atoms with E-state index in [9.17, 15) is 13.2 Å². The first-order valence-corrected chi connectivity index (χ1v) is 9.79. The van der Waals surface area contributed by atoms with Gasteiger partial charge in [-0.2, -0.15) is 0 Å². The van der Waals surface area contributed by atoms with E-state index in [4.69, 9.17) is 14.2 Å². The number of nitrogens with one attached hydrogen (secondary N) is 1. The minimum atomic E-state index is -3.66. The van der Waals surface area contributed by atoms with Gasteiger partial charge in [-0.3, -0.25) is 4.90 Å². The predicted octanol–water partition coefficient (Wildman–Crippen LogP) is 2.01. The summed E-state index contributed by atoms with van der Waals surface area (Å²) in [6.07, 6.45) is -0.431. The lowest BCUT2D eigenvalue weighted by Gasteiger charge is -2.13. The van der Waals surface area contributed by atoms with Crippen LogP contribution < -0.4 is 19.1 Å². The lowest BCUT2D eigenvalue weighted by molar-refractivity contribution is 0.181. The highest BCUT2D eigenvalue weighted by Gasteiger charge is 2.24. The van der Waals surface area contributed by atoms with Crippen LogP contribution in [0.3, 0.4) is 0 Å². The summed E-state index contributed by atoms with van der Waals surface area (Å²) >= 11 is 0. The summed E-state index contributed by atoms with van der Waals surface area (Å²) < 4.78 is 42.6. The Bertz CT molecular complexity index is 881. The van der Waals surface area contributed by atoms with Crippen LogP contribution in [0.15, 0.2) is 53.4 Å². The normalized spacial score (nSPS) is 14.1. The van der Waals surface area contributed by atoms with Crippen molar-refractivity contribution in [2.45, 2.75) is 4.90 Å². The van der Waals surface area contributed by atoms with E-state index in [1.807, 2.05) is 0 Å². The Morgan fingerprint density at radius 2 is 1.74 bits per heavy atom. The molecule has 0 aliphatic carbocycles. The van der Waals surface area contributed by atoms with Crippen molar-refractivity contribution < 1.29 is 27.4 Å². The van der Waals surface area contributed by atoms with Gasteiger partial charge in [0.25, 0.3) is 0 Å². The van der Waals surface area contributed by atoms with Crippen LogP contribution in [0.4, 0.5) is 10.5 Å². The Hall–Kier alpha value is -2.78. The maximum atomic E-state index is 12.3. The van der Waals surface area contributed by atoms with Gasteiger partial charge in [0, 0.05) is 12.2 Å². The molecule has 1 fully saturated rings. The van der Waals surface area contributed by atoms with E-state index in [1.165, 1.54) is 17.0 Å². The quantitative estimate of drug-likeness (QED) is 0.691. The Morgan fingerprint density at radius 3 is 2.33 bits per heavy atom. The van der Waals surface area contributed by atoms with Crippen molar-refractivity contribution in [1.82, 2.24) is 4.72 Å². The third-order valence-electron chi connectivity index (χ3n) is 3.94. The standard InChI is InChI=1S/C18H20N2O6S/c1-24-15-4-6-16(7-5-15)25-12-10-19-27(22,23)17-8-2-14(3-9-17)20-11-13-26-18(20)21/h2-9,19H,10-13H2,1H3. The lowest BCUT2D eigenvalue weighted by atomic mass is 10.3. The van der Waals surface area contributed by atoms with Gasteiger partial charge in [-0.25, -0.2) is 17.9 Å². The number of cyclic esters (lactones) is 1. The molecule has 0 atom stereocenters. The summed E-state index contributed by atoms with van der Waals surface area (Å²) in [5.41, 5.74) is 0.597. The van der Waals surface area contributed by atoms with Gasteiger partial charge >= 0.3 is 6.09 Å². The zero-order chi connectivity index (χ0) is 19.3. The molecule has 0 unspecified atom stereocenters. The fourth-order valence-corrected chi connectivity index (χ4v) is 3.55. The van der Waals surface area contributed by atoms with Gasteiger partial charge < -0.3 is 14.2 Å². The summed E-state index contributed by atoms with van der Waals surface area (Å²) in [4.78, 5) is 13.1. The second-order valence-electron chi connectivity index (χ2n) is 5.68. The minimum Gasteiger partial charge on any atom is -0.497 e. The molecule has 0 spiro atoms. The van der Waals surface area contributed by atoms with Crippen molar-refractivity contribution in [1.29, 1.82) is 0 Å². The molecular formula is C18H20N2O6S. The highest BCUT2D eigenvalue weighted by atomic mass is 32.2. The van der Waals surface area contributed by atoms with E-state index < -0.39 is 16.1 Å². The van der Waals surface area contributed by atoms with Crippen LogP contribution in [0.1, 0.15) is 0 Å². The fraction of sp³-hybridized carbons (Fsp3) is 0.278. The summed E-state index contributed by atoms with van der Waals surface area (Å²) in [5.74, 6) is 1.34. The molecule has 2 aromatic carbocycles. The highest BCUT2D eigenvalue weighted by molar-refractivity contribution is 7.89. The highest BCUT2D eigenvalue weighted by Crippen LogP contribution is 2.21. The molecule has 0 saturated carbocycles. The average Bonchev–Trinajstić information content (AvgIpc) is 3.12. The summed E-state index contributed by atoms with van der Waals surface area (Å²) in [5, 5.41) is 0. The van der Waals surface area contributed by atoms with Crippen LogP contribution in [0.2, 0.25) is 0 Å². The van der Waals surface area contributed by atoms with Crippen LogP contribution in [0.5, 0.6) is 11.5 Å². The number of hydrogen-bond donors (Lipinski definition) is 1. The number of carbonyl (C=O) groups is 1. The predicted molar refractivity (Wildman–Crippen MR) is 98.8 cm³/mol. The molecule has 2 aromatic rings. The Kier molecular flexibility index (Phi) is 5.82. The minimum absolute atomic E-state index is 0.114. The molecule has 1 saturated heterocycles. The van der Waals surface area contributed by atoms with E-state index in [2.05, 4.69) is 4.72 Å². The number of nitrogens with zero attached hydrogens (tertiary/aromatic N) is 1. The molecule has 1 amide bonds. The van der Waals surface area contributed by atoms with Crippen molar-refractivity contribution in [3.8, 4) is 11.5 Å². The smallest absolute Gasteiger partial charge is 0.414 e. The van der Waals surface area contributed by atoms with Crippen molar-refractivity contribution in [2.75, 3.05) is 38.3 Å². The first kappa shape index (κ1) is 19.0. The number of ether oxygens (including phenoxy) is 3. The largest absolute Gasteiger partial charge is 0.497 e. The van der Waals surface area contributed by atoms with Gasteiger partial charge in [0.15, 0.2) is 0 Å². The van der Waals surface area contributed by atoms with Gasteiger partial charge in [-0.05, 0) is 48.5 Å². The molecule has 1 aliphatic rings. The number of benzene rings is 2. The second-order valence-corrected chi connectivity index (χ2v) is 7.45. The molecule has 1 N–H and O–H groups in total. The van der Waals surface area contributed by atoms with Crippen LogP contribution in [-0.4, -0.2) is 47.9 Å². The van der Waals surface area contributed by atoms with Crippen LogP contribution in [0.25, 0.3) is 0 Å². The van der Waals surface area contributed by atoms with Gasteiger partial charge in [-0.15, -0.1) is 0 Å².